The van der Waals surface area contributed by atoms with Crippen molar-refractivity contribution in [3.8, 4) is 6.07 Å². The predicted octanol–water partition coefficient (Wildman–Crippen LogP) is 4.57. The monoisotopic (exact) mass is 256 g/mol. The van der Waals surface area contributed by atoms with E-state index in [0.29, 0.717) is 10.6 Å². The average Bonchev–Trinajstić information content (AvgIpc) is 2.37. The first-order valence-corrected chi connectivity index (χ1v) is 6.03. The fourth-order valence-electron chi connectivity index (χ4n) is 1.80. The fourth-order valence-corrected chi connectivity index (χ4v) is 1.98. The van der Waals surface area contributed by atoms with Crippen LogP contribution in [-0.4, -0.2) is 0 Å². The van der Waals surface area contributed by atoms with Crippen LogP contribution in [0.5, 0.6) is 0 Å². The van der Waals surface area contributed by atoms with E-state index in [9.17, 15) is 0 Å². The SMILES string of the molecule is Cc1cccc(C#N)c1Nc1cccc(Cl)c1C. The van der Waals surface area contributed by atoms with Gasteiger partial charge in [-0.3, -0.25) is 0 Å². The molecule has 0 aromatic heterocycles. The number of aryl methyl sites for hydroxylation is 1. The summed E-state index contributed by atoms with van der Waals surface area (Å²) in [6.45, 7) is 3.93. The molecule has 2 rings (SSSR count). The second-order valence-electron chi connectivity index (χ2n) is 4.15. The van der Waals surface area contributed by atoms with E-state index >= 15 is 0 Å². The minimum Gasteiger partial charge on any atom is -0.354 e. The lowest BCUT2D eigenvalue weighted by Gasteiger charge is -2.14. The zero-order chi connectivity index (χ0) is 13.1. The molecule has 0 unspecified atom stereocenters. The van der Waals surface area contributed by atoms with Crippen molar-refractivity contribution in [3.63, 3.8) is 0 Å². The molecule has 0 heterocycles. The maximum Gasteiger partial charge on any atom is 0.101 e. The lowest BCUT2D eigenvalue weighted by molar-refractivity contribution is 1.37. The Morgan fingerprint density at radius 3 is 2.56 bits per heavy atom. The first-order valence-electron chi connectivity index (χ1n) is 5.65. The molecule has 0 saturated heterocycles. The molecule has 3 heteroatoms. The van der Waals surface area contributed by atoms with Crippen LogP contribution >= 0.6 is 11.6 Å². The molecule has 0 aliphatic heterocycles. The van der Waals surface area contributed by atoms with Crippen LogP contribution in [0.1, 0.15) is 16.7 Å². The molecule has 0 fully saturated rings. The number of hydrogen-bond donors (Lipinski definition) is 1. The number of halogens is 1. The molecule has 0 saturated carbocycles. The lowest BCUT2D eigenvalue weighted by Crippen LogP contribution is -1.98. The number of hydrogen-bond acceptors (Lipinski definition) is 2. The van der Waals surface area contributed by atoms with E-state index in [2.05, 4.69) is 11.4 Å². The van der Waals surface area contributed by atoms with Gasteiger partial charge in [0, 0.05) is 10.7 Å². The van der Waals surface area contributed by atoms with Crippen LogP contribution in [0.3, 0.4) is 0 Å². The Kier molecular flexibility index (Phi) is 3.55. The molecule has 0 aliphatic carbocycles. The Bertz CT molecular complexity index is 627. The van der Waals surface area contributed by atoms with Crippen molar-refractivity contribution in [3.05, 3.63) is 58.1 Å². The summed E-state index contributed by atoms with van der Waals surface area (Å²) in [6.07, 6.45) is 0. The Morgan fingerprint density at radius 2 is 1.83 bits per heavy atom. The number of rotatable bonds is 2. The molecule has 90 valence electrons. The normalized spacial score (nSPS) is 9.89. The van der Waals surface area contributed by atoms with E-state index in [-0.39, 0.29) is 0 Å². The zero-order valence-corrected chi connectivity index (χ0v) is 11.0. The maximum atomic E-state index is 9.13. The molecular weight excluding hydrogens is 244 g/mol. The molecule has 2 nitrogen and oxygen atoms in total. The largest absolute Gasteiger partial charge is 0.354 e. The highest BCUT2D eigenvalue weighted by Crippen LogP contribution is 2.29. The van der Waals surface area contributed by atoms with Crippen LogP contribution < -0.4 is 5.32 Å². The highest BCUT2D eigenvalue weighted by molar-refractivity contribution is 6.31. The summed E-state index contributed by atoms with van der Waals surface area (Å²) in [7, 11) is 0. The molecule has 0 spiro atoms. The summed E-state index contributed by atoms with van der Waals surface area (Å²) in [4.78, 5) is 0. The second-order valence-corrected chi connectivity index (χ2v) is 4.55. The van der Waals surface area contributed by atoms with Crippen molar-refractivity contribution in [2.75, 3.05) is 5.32 Å². The second kappa shape index (κ2) is 5.12. The van der Waals surface area contributed by atoms with Crippen molar-refractivity contribution in [1.29, 1.82) is 5.26 Å². The standard InChI is InChI=1S/C15H13ClN2/c1-10-5-3-6-12(9-17)15(10)18-14-8-4-7-13(16)11(14)2/h3-8,18H,1-2H3. The summed E-state index contributed by atoms with van der Waals surface area (Å²) in [5, 5.41) is 13.1. The van der Waals surface area contributed by atoms with E-state index in [1.54, 1.807) is 6.07 Å². The lowest BCUT2D eigenvalue weighted by atomic mass is 10.1. The summed E-state index contributed by atoms with van der Waals surface area (Å²) in [5.41, 5.74) is 4.41. The van der Waals surface area contributed by atoms with E-state index < -0.39 is 0 Å². The molecule has 18 heavy (non-hydrogen) atoms. The molecule has 0 atom stereocenters. The van der Waals surface area contributed by atoms with Gasteiger partial charge in [0.1, 0.15) is 6.07 Å². The van der Waals surface area contributed by atoms with Crippen LogP contribution in [0.15, 0.2) is 36.4 Å². The van der Waals surface area contributed by atoms with E-state index in [1.807, 2.05) is 44.2 Å². The predicted molar refractivity (Wildman–Crippen MR) is 75.4 cm³/mol. The molecule has 0 bridgehead atoms. The number of para-hydroxylation sites is 1. The Balaban J connectivity index is 2.47. The molecule has 1 N–H and O–H groups in total. The van der Waals surface area contributed by atoms with Gasteiger partial charge < -0.3 is 5.32 Å². The third-order valence-corrected chi connectivity index (χ3v) is 3.33. The Labute approximate surface area is 112 Å². The summed E-state index contributed by atoms with van der Waals surface area (Å²) >= 11 is 6.09. The number of nitriles is 1. The van der Waals surface area contributed by atoms with Gasteiger partial charge in [-0.25, -0.2) is 0 Å². The van der Waals surface area contributed by atoms with Crippen molar-refractivity contribution in [2.45, 2.75) is 13.8 Å². The smallest absolute Gasteiger partial charge is 0.101 e. The third-order valence-electron chi connectivity index (χ3n) is 2.92. The van der Waals surface area contributed by atoms with Gasteiger partial charge in [-0.2, -0.15) is 5.26 Å². The molecule has 0 radical (unpaired) electrons. The summed E-state index contributed by atoms with van der Waals surface area (Å²) in [5.74, 6) is 0. The Morgan fingerprint density at radius 1 is 1.11 bits per heavy atom. The third kappa shape index (κ3) is 2.32. The van der Waals surface area contributed by atoms with Gasteiger partial charge in [0.2, 0.25) is 0 Å². The highest BCUT2D eigenvalue weighted by Gasteiger charge is 2.08. The summed E-state index contributed by atoms with van der Waals surface area (Å²) < 4.78 is 0. The van der Waals surface area contributed by atoms with Crippen LogP contribution in [0.25, 0.3) is 0 Å². The molecule has 0 amide bonds. The first-order chi connectivity index (χ1) is 8.63. The fraction of sp³-hybridized carbons (Fsp3) is 0.133. The average molecular weight is 257 g/mol. The number of benzene rings is 2. The Hall–Kier alpha value is -1.98. The van der Waals surface area contributed by atoms with Crippen molar-refractivity contribution < 1.29 is 0 Å². The molecule has 2 aromatic carbocycles. The van der Waals surface area contributed by atoms with Crippen molar-refractivity contribution in [2.24, 2.45) is 0 Å². The van der Waals surface area contributed by atoms with Crippen LogP contribution in [0, 0.1) is 25.2 Å². The van der Waals surface area contributed by atoms with Gasteiger partial charge in [0.15, 0.2) is 0 Å². The molecule has 2 aromatic rings. The van der Waals surface area contributed by atoms with E-state index in [4.69, 9.17) is 16.9 Å². The molecule has 0 aliphatic rings. The van der Waals surface area contributed by atoms with Gasteiger partial charge in [0.05, 0.1) is 11.3 Å². The number of nitrogens with zero attached hydrogens (tertiary/aromatic N) is 1. The van der Waals surface area contributed by atoms with Gasteiger partial charge in [0.25, 0.3) is 0 Å². The van der Waals surface area contributed by atoms with Crippen molar-refractivity contribution >= 4 is 23.0 Å². The topological polar surface area (TPSA) is 35.8 Å². The van der Waals surface area contributed by atoms with Crippen LogP contribution in [0.2, 0.25) is 5.02 Å². The number of anilines is 2. The minimum atomic E-state index is 0.634. The quantitative estimate of drug-likeness (QED) is 0.854. The van der Waals surface area contributed by atoms with Gasteiger partial charge in [-0.1, -0.05) is 29.8 Å². The van der Waals surface area contributed by atoms with E-state index in [1.165, 1.54) is 0 Å². The van der Waals surface area contributed by atoms with Gasteiger partial charge in [-0.15, -0.1) is 0 Å². The summed E-state index contributed by atoms with van der Waals surface area (Å²) in [6, 6.07) is 13.5. The molecular formula is C15H13ClN2. The van der Waals surface area contributed by atoms with E-state index in [0.717, 1.165) is 22.5 Å². The number of nitrogens with one attached hydrogen (secondary N) is 1. The van der Waals surface area contributed by atoms with Crippen molar-refractivity contribution in [1.82, 2.24) is 0 Å². The zero-order valence-electron chi connectivity index (χ0n) is 10.3. The van der Waals surface area contributed by atoms with Crippen LogP contribution in [0.4, 0.5) is 11.4 Å². The van der Waals surface area contributed by atoms with Crippen LogP contribution in [-0.2, 0) is 0 Å². The minimum absolute atomic E-state index is 0.634. The first kappa shape index (κ1) is 12.5. The van der Waals surface area contributed by atoms with Gasteiger partial charge in [-0.05, 0) is 43.2 Å². The highest BCUT2D eigenvalue weighted by atomic mass is 35.5. The maximum absolute atomic E-state index is 9.13. The van der Waals surface area contributed by atoms with Gasteiger partial charge >= 0.3 is 0 Å².